The summed E-state index contributed by atoms with van der Waals surface area (Å²) in [6.45, 7) is 4.15. The second-order valence-electron chi connectivity index (χ2n) is 8.56. The van der Waals surface area contributed by atoms with Crippen LogP contribution in [0.4, 0.5) is 0 Å². The van der Waals surface area contributed by atoms with E-state index in [2.05, 4.69) is 0 Å². The number of rotatable bonds is 5. The van der Waals surface area contributed by atoms with Crippen LogP contribution in [0.2, 0.25) is 0 Å². The van der Waals surface area contributed by atoms with Crippen LogP contribution in [-0.4, -0.2) is 42.0 Å². The van der Waals surface area contributed by atoms with E-state index in [9.17, 15) is 4.79 Å². The lowest BCUT2D eigenvalue weighted by Crippen LogP contribution is -2.62. The molecule has 6 heteroatoms. The predicted molar refractivity (Wildman–Crippen MR) is 108 cm³/mol. The van der Waals surface area contributed by atoms with Crippen molar-refractivity contribution in [3.8, 4) is 0 Å². The summed E-state index contributed by atoms with van der Waals surface area (Å²) in [6, 6.07) is 19.0. The van der Waals surface area contributed by atoms with Crippen molar-refractivity contribution in [3.05, 3.63) is 71.8 Å². The highest BCUT2D eigenvalue weighted by Crippen LogP contribution is 2.53. The molecule has 6 nitrogen and oxygen atoms in total. The van der Waals surface area contributed by atoms with Crippen LogP contribution in [0.25, 0.3) is 0 Å². The average Bonchev–Trinajstić information content (AvgIpc) is 3.21. The zero-order chi connectivity index (χ0) is 20.8. The molecule has 1 spiro atoms. The predicted octanol–water partition coefficient (Wildman–Crippen LogP) is 3.84. The highest BCUT2D eigenvalue weighted by molar-refractivity contribution is 5.89. The second-order valence-corrected chi connectivity index (χ2v) is 8.56. The molecule has 1 aliphatic carbocycles. The van der Waals surface area contributed by atoms with Gasteiger partial charge in [-0.3, -0.25) is 0 Å². The molecule has 5 rings (SSSR count). The fourth-order valence-electron chi connectivity index (χ4n) is 4.55. The first-order valence-corrected chi connectivity index (χ1v) is 10.4. The molecular weight excluding hydrogens is 384 g/mol. The van der Waals surface area contributed by atoms with E-state index in [1.54, 1.807) is 12.1 Å². The van der Waals surface area contributed by atoms with Gasteiger partial charge in [-0.2, -0.15) is 0 Å². The van der Waals surface area contributed by atoms with E-state index in [-0.39, 0.29) is 12.1 Å². The monoisotopic (exact) mass is 410 g/mol. The molecule has 3 aliphatic rings. The molecule has 0 radical (unpaired) electrons. The van der Waals surface area contributed by atoms with Crippen molar-refractivity contribution in [3.63, 3.8) is 0 Å². The standard InChI is InChI=1S/C24H26O6/c1-23(2)28-19-20(26-15-16-9-5-3-6-10-16)24(30-22(19)29-23)14-13-18(24)27-21(25)17-11-7-4-8-12-17/h3-12,18-20,22H,13-15H2,1-2H3/t18?,19?,20?,22?,24-/m1/s1. The molecule has 2 heterocycles. The summed E-state index contributed by atoms with van der Waals surface area (Å²) < 4.78 is 30.6. The Morgan fingerprint density at radius 3 is 2.37 bits per heavy atom. The van der Waals surface area contributed by atoms with Crippen LogP contribution in [0.5, 0.6) is 0 Å². The maximum absolute atomic E-state index is 12.6. The van der Waals surface area contributed by atoms with Crippen LogP contribution in [-0.2, 0) is 30.3 Å². The molecular formula is C24H26O6. The quantitative estimate of drug-likeness (QED) is 0.698. The Morgan fingerprint density at radius 1 is 1.00 bits per heavy atom. The Kier molecular flexibility index (Phi) is 4.90. The summed E-state index contributed by atoms with van der Waals surface area (Å²) in [5.41, 5.74) is 0.824. The van der Waals surface area contributed by atoms with Crippen LogP contribution < -0.4 is 0 Å². The topological polar surface area (TPSA) is 63.2 Å². The number of fused-ring (bicyclic) bond motifs is 1. The van der Waals surface area contributed by atoms with E-state index < -0.39 is 29.9 Å². The number of carbonyl (C=O) groups excluding carboxylic acids is 1. The molecule has 30 heavy (non-hydrogen) atoms. The molecule has 0 N–H and O–H groups in total. The molecule has 158 valence electrons. The third kappa shape index (κ3) is 3.44. The van der Waals surface area contributed by atoms with E-state index >= 15 is 0 Å². The Balaban J connectivity index is 1.36. The molecule has 0 amide bonds. The Bertz CT molecular complexity index is 898. The average molecular weight is 410 g/mol. The van der Waals surface area contributed by atoms with Crippen LogP contribution in [0.1, 0.15) is 42.6 Å². The lowest BCUT2D eigenvalue weighted by Gasteiger charge is -2.48. The van der Waals surface area contributed by atoms with Gasteiger partial charge in [0.2, 0.25) is 0 Å². The van der Waals surface area contributed by atoms with E-state index in [0.717, 1.165) is 12.0 Å². The zero-order valence-corrected chi connectivity index (χ0v) is 17.2. The molecule has 5 atom stereocenters. The lowest BCUT2D eigenvalue weighted by atomic mass is 9.72. The van der Waals surface area contributed by atoms with Gasteiger partial charge in [-0.15, -0.1) is 0 Å². The van der Waals surface area contributed by atoms with Crippen molar-refractivity contribution in [2.45, 2.75) is 69.3 Å². The SMILES string of the molecule is CC1(C)OC2O[C@@]3(CCC3OC(=O)c3ccccc3)C(OCc3ccccc3)C2O1. The summed E-state index contributed by atoms with van der Waals surface area (Å²) in [5, 5.41) is 0. The van der Waals surface area contributed by atoms with E-state index in [1.165, 1.54) is 0 Å². The zero-order valence-electron chi connectivity index (χ0n) is 17.2. The number of carbonyl (C=O) groups is 1. The van der Waals surface area contributed by atoms with Crippen molar-refractivity contribution in [2.75, 3.05) is 0 Å². The summed E-state index contributed by atoms with van der Waals surface area (Å²) in [4.78, 5) is 12.6. The second kappa shape index (κ2) is 7.46. The first-order chi connectivity index (χ1) is 14.5. The van der Waals surface area contributed by atoms with Gasteiger partial charge in [-0.25, -0.2) is 4.79 Å². The van der Waals surface area contributed by atoms with E-state index in [1.807, 2.05) is 62.4 Å². The minimum atomic E-state index is -0.759. The number of esters is 1. The van der Waals surface area contributed by atoms with E-state index in [0.29, 0.717) is 18.6 Å². The van der Waals surface area contributed by atoms with Crippen LogP contribution in [0.3, 0.4) is 0 Å². The van der Waals surface area contributed by atoms with Gasteiger partial charge in [0.15, 0.2) is 12.1 Å². The number of benzene rings is 2. The maximum Gasteiger partial charge on any atom is 0.338 e. The first-order valence-electron chi connectivity index (χ1n) is 10.4. The molecule has 2 aromatic carbocycles. The van der Waals surface area contributed by atoms with Crippen LogP contribution in [0, 0.1) is 0 Å². The normalized spacial score (nSPS) is 33.8. The molecule has 4 unspecified atom stereocenters. The number of hydrogen-bond donors (Lipinski definition) is 0. The Labute approximate surface area is 176 Å². The Morgan fingerprint density at radius 2 is 1.70 bits per heavy atom. The Hall–Kier alpha value is -2.25. The molecule has 2 aromatic rings. The largest absolute Gasteiger partial charge is 0.456 e. The number of ether oxygens (including phenoxy) is 5. The fraction of sp³-hybridized carbons (Fsp3) is 0.458. The van der Waals surface area contributed by atoms with Gasteiger partial charge in [0.1, 0.15) is 23.9 Å². The van der Waals surface area contributed by atoms with Gasteiger partial charge in [-0.1, -0.05) is 48.5 Å². The van der Waals surface area contributed by atoms with Gasteiger partial charge < -0.3 is 23.7 Å². The van der Waals surface area contributed by atoms with Gasteiger partial charge in [0.05, 0.1) is 12.2 Å². The number of hydrogen-bond acceptors (Lipinski definition) is 6. The maximum atomic E-state index is 12.6. The van der Waals surface area contributed by atoms with Crippen molar-refractivity contribution < 1.29 is 28.5 Å². The fourth-order valence-corrected chi connectivity index (χ4v) is 4.55. The summed E-state index contributed by atoms with van der Waals surface area (Å²) >= 11 is 0. The van der Waals surface area contributed by atoms with Crippen molar-refractivity contribution in [1.29, 1.82) is 0 Å². The van der Waals surface area contributed by atoms with Crippen molar-refractivity contribution >= 4 is 5.97 Å². The van der Waals surface area contributed by atoms with Crippen molar-refractivity contribution in [2.24, 2.45) is 0 Å². The van der Waals surface area contributed by atoms with Crippen molar-refractivity contribution in [1.82, 2.24) is 0 Å². The summed E-state index contributed by atoms with van der Waals surface area (Å²) in [5.74, 6) is -1.10. The summed E-state index contributed by atoms with van der Waals surface area (Å²) in [7, 11) is 0. The molecule has 2 aliphatic heterocycles. The van der Waals surface area contributed by atoms with E-state index in [4.69, 9.17) is 23.7 Å². The van der Waals surface area contributed by atoms with Gasteiger partial charge in [0, 0.05) is 0 Å². The molecule has 2 saturated heterocycles. The minimum absolute atomic E-state index is 0.357. The van der Waals surface area contributed by atoms with Gasteiger partial charge >= 0.3 is 5.97 Å². The summed E-state index contributed by atoms with van der Waals surface area (Å²) in [6.07, 6.45) is -0.286. The van der Waals surface area contributed by atoms with Crippen LogP contribution in [0.15, 0.2) is 60.7 Å². The minimum Gasteiger partial charge on any atom is -0.456 e. The third-order valence-corrected chi connectivity index (χ3v) is 6.08. The molecule has 0 bridgehead atoms. The first kappa shape index (κ1) is 19.7. The molecule has 1 saturated carbocycles. The highest BCUT2D eigenvalue weighted by atomic mass is 16.8. The van der Waals surface area contributed by atoms with Gasteiger partial charge in [0.25, 0.3) is 0 Å². The molecule has 3 fully saturated rings. The highest BCUT2D eigenvalue weighted by Gasteiger charge is 2.69. The van der Waals surface area contributed by atoms with Crippen LogP contribution >= 0.6 is 0 Å². The van der Waals surface area contributed by atoms with Gasteiger partial charge in [-0.05, 0) is 44.4 Å². The lowest BCUT2D eigenvalue weighted by molar-refractivity contribution is -0.287. The third-order valence-electron chi connectivity index (χ3n) is 6.08. The smallest absolute Gasteiger partial charge is 0.338 e. The molecule has 0 aromatic heterocycles.